The molecule has 0 N–H and O–H groups in total. The van der Waals surface area contributed by atoms with Gasteiger partial charge in [-0.15, -0.1) is 11.3 Å². The number of esters is 1. The lowest BCUT2D eigenvalue weighted by Crippen LogP contribution is -2.24. The van der Waals surface area contributed by atoms with Crippen LogP contribution in [-0.4, -0.2) is 19.0 Å². The van der Waals surface area contributed by atoms with Gasteiger partial charge in [-0.05, 0) is 42.6 Å². The topological polar surface area (TPSA) is 46.6 Å². The maximum atomic E-state index is 13.0. The number of benzene rings is 1. The fraction of sp³-hybridized carbons (Fsp3) is 0.158. The molecule has 0 unspecified atom stereocenters. The molecule has 1 aromatic heterocycles. The number of hydrogen-bond acceptors (Lipinski definition) is 4. The van der Waals surface area contributed by atoms with Gasteiger partial charge < -0.3 is 4.74 Å². The number of allylic oxidation sites excluding steroid dienone is 1. The Morgan fingerprint density at radius 1 is 1.22 bits per heavy atom. The lowest BCUT2D eigenvalue weighted by Gasteiger charge is -2.19. The molecule has 0 atom stereocenters. The van der Waals surface area contributed by atoms with Crippen molar-refractivity contribution in [1.29, 1.82) is 0 Å². The smallest absolute Gasteiger partial charge is 0.416 e. The molecule has 0 aliphatic carbocycles. The van der Waals surface area contributed by atoms with Gasteiger partial charge in [-0.3, -0.25) is 9.69 Å². The molecule has 1 aliphatic heterocycles. The molecule has 0 bridgehead atoms. The Morgan fingerprint density at radius 2 is 1.96 bits per heavy atom. The highest BCUT2D eigenvalue weighted by Gasteiger charge is 2.39. The Hall–Kier alpha value is -2.87. The van der Waals surface area contributed by atoms with Crippen LogP contribution in [-0.2, 0) is 20.5 Å². The molecule has 140 valence electrons. The zero-order valence-electron chi connectivity index (χ0n) is 14.3. The van der Waals surface area contributed by atoms with Crippen molar-refractivity contribution in [3.8, 4) is 0 Å². The first-order chi connectivity index (χ1) is 12.7. The van der Waals surface area contributed by atoms with Crippen molar-refractivity contribution in [1.82, 2.24) is 0 Å². The average molecular weight is 393 g/mol. The van der Waals surface area contributed by atoms with Crippen LogP contribution in [0.25, 0.3) is 6.08 Å². The molecular weight excluding hydrogens is 379 g/mol. The highest BCUT2D eigenvalue weighted by Crippen LogP contribution is 2.38. The normalized spacial score (nSPS) is 16.4. The maximum Gasteiger partial charge on any atom is 0.416 e. The van der Waals surface area contributed by atoms with Gasteiger partial charge in [0.15, 0.2) is 0 Å². The van der Waals surface area contributed by atoms with E-state index in [2.05, 4.69) is 0 Å². The number of thiophene rings is 1. The second-order valence-electron chi connectivity index (χ2n) is 5.71. The van der Waals surface area contributed by atoms with Gasteiger partial charge in [-0.1, -0.05) is 12.1 Å². The first kappa shape index (κ1) is 18.9. The van der Waals surface area contributed by atoms with Crippen LogP contribution in [0.5, 0.6) is 0 Å². The summed E-state index contributed by atoms with van der Waals surface area (Å²) in [6, 6.07) is 7.96. The number of rotatable bonds is 3. The Balaban J connectivity index is 2.14. The fourth-order valence-corrected chi connectivity index (χ4v) is 3.49. The number of amides is 1. The minimum absolute atomic E-state index is 0.0308. The predicted octanol–water partition coefficient (Wildman–Crippen LogP) is 4.64. The van der Waals surface area contributed by atoms with Gasteiger partial charge in [0.05, 0.1) is 23.8 Å². The van der Waals surface area contributed by atoms with Crippen molar-refractivity contribution >= 4 is 35.0 Å². The molecule has 3 rings (SSSR count). The number of carbonyl (C=O) groups is 2. The number of alkyl halides is 3. The molecule has 0 spiro atoms. The molecule has 1 aliphatic rings. The van der Waals surface area contributed by atoms with E-state index in [0.29, 0.717) is 0 Å². The summed E-state index contributed by atoms with van der Waals surface area (Å²) in [6.45, 7) is 1.50. The van der Waals surface area contributed by atoms with Crippen molar-refractivity contribution in [3.63, 3.8) is 0 Å². The summed E-state index contributed by atoms with van der Waals surface area (Å²) in [5.74, 6) is -1.31. The maximum absolute atomic E-state index is 13.0. The van der Waals surface area contributed by atoms with Gasteiger partial charge in [0, 0.05) is 16.3 Å². The fourth-order valence-electron chi connectivity index (χ4n) is 2.83. The third-order valence-electron chi connectivity index (χ3n) is 4.05. The first-order valence-corrected chi connectivity index (χ1v) is 8.68. The molecule has 8 heteroatoms. The summed E-state index contributed by atoms with van der Waals surface area (Å²) >= 11 is 1.37. The van der Waals surface area contributed by atoms with Crippen molar-refractivity contribution in [3.05, 3.63) is 69.1 Å². The van der Waals surface area contributed by atoms with Crippen molar-refractivity contribution in [2.24, 2.45) is 0 Å². The molecule has 4 nitrogen and oxygen atoms in total. The summed E-state index contributed by atoms with van der Waals surface area (Å²) < 4.78 is 43.9. The van der Waals surface area contributed by atoms with Gasteiger partial charge >= 0.3 is 12.1 Å². The second kappa shape index (κ2) is 7.03. The summed E-state index contributed by atoms with van der Waals surface area (Å²) in [5, 5.41) is 1.81. The van der Waals surface area contributed by atoms with Gasteiger partial charge in [0.1, 0.15) is 0 Å². The second-order valence-corrected chi connectivity index (χ2v) is 6.69. The SMILES string of the molecule is COC(=O)C1=C(C)N(c2cccc(C(F)(F)F)c2)C(=O)/C1=C\c1cccs1. The van der Waals surface area contributed by atoms with E-state index in [4.69, 9.17) is 4.74 Å². The van der Waals surface area contributed by atoms with Crippen LogP contribution in [0.15, 0.2) is 58.6 Å². The Kier molecular flexibility index (Phi) is 4.93. The Labute approximate surface area is 157 Å². The summed E-state index contributed by atoms with van der Waals surface area (Å²) in [7, 11) is 1.18. The number of ether oxygens (including phenoxy) is 1. The van der Waals surface area contributed by atoms with Gasteiger partial charge in [-0.25, -0.2) is 4.79 Å². The van der Waals surface area contributed by atoms with E-state index in [1.807, 2.05) is 5.38 Å². The van der Waals surface area contributed by atoms with Crippen LogP contribution in [0.2, 0.25) is 0 Å². The van der Waals surface area contributed by atoms with E-state index in [0.717, 1.165) is 21.9 Å². The zero-order valence-corrected chi connectivity index (χ0v) is 15.1. The van der Waals surface area contributed by atoms with E-state index in [-0.39, 0.29) is 22.5 Å². The minimum Gasteiger partial charge on any atom is -0.465 e. The summed E-state index contributed by atoms with van der Waals surface area (Å²) in [6.07, 6.45) is -3.01. The number of nitrogens with zero attached hydrogens (tertiary/aromatic N) is 1. The summed E-state index contributed by atoms with van der Waals surface area (Å²) in [5.41, 5.74) is -0.513. The zero-order chi connectivity index (χ0) is 19.8. The van der Waals surface area contributed by atoms with Crippen LogP contribution < -0.4 is 4.90 Å². The van der Waals surface area contributed by atoms with Crippen LogP contribution in [0.1, 0.15) is 17.4 Å². The van der Waals surface area contributed by atoms with E-state index >= 15 is 0 Å². The van der Waals surface area contributed by atoms with Gasteiger partial charge in [0.25, 0.3) is 5.91 Å². The number of methoxy groups -OCH3 is 1. The molecule has 0 fully saturated rings. The van der Waals surface area contributed by atoms with Gasteiger partial charge in [0.2, 0.25) is 0 Å². The number of halogens is 3. The van der Waals surface area contributed by atoms with Crippen molar-refractivity contribution in [2.45, 2.75) is 13.1 Å². The third-order valence-corrected chi connectivity index (χ3v) is 4.87. The Bertz CT molecular complexity index is 959. The van der Waals surface area contributed by atoms with Crippen LogP contribution >= 0.6 is 11.3 Å². The largest absolute Gasteiger partial charge is 0.465 e. The molecule has 27 heavy (non-hydrogen) atoms. The molecule has 2 aromatic rings. The third kappa shape index (κ3) is 3.52. The van der Waals surface area contributed by atoms with Crippen molar-refractivity contribution < 1.29 is 27.5 Å². The summed E-state index contributed by atoms with van der Waals surface area (Å²) in [4.78, 5) is 27.0. The van der Waals surface area contributed by atoms with E-state index < -0.39 is 23.6 Å². The molecular formula is C19H14F3NO3S. The van der Waals surface area contributed by atoms with Crippen LogP contribution in [0.4, 0.5) is 18.9 Å². The molecule has 0 saturated carbocycles. The standard InChI is InChI=1S/C19H14F3NO3S/c1-11-16(18(25)26-2)15(10-14-7-4-8-27-14)17(24)23(11)13-6-3-5-12(9-13)19(20,21)22/h3-10H,1-2H3/b15-10-. The average Bonchev–Trinajstić information content (AvgIpc) is 3.21. The molecule has 0 radical (unpaired) electrons. The number of hydrogen-bond donors (Lipinski definition) is 0. The highest BCUT2D eigenvalue weighted by molar-refractivity contribution is 7.10. The van der Waals surface area contributed by atoms with Crippen molar-refractivity contribution in [2.75, 3.05) is 12.0 Å². The highest BCUT2D eigenvalue weighted by atomic mass is 32.1. The monoisotopic (exact) mass is 393 g/mol. The van der Waals surface area contributed by atoms with Crippen LogP contribution in [0, 0.1) is 0 Å². The lowest BCUT2D eigenvalue weighted by atomic mass is 10.1. The van der Waals surface area contributed by atoms with Gasteiger partial charge in [-0.2, -0.15) is 13.2 Å². The number of carbonyl (C=O) groups excluding carboxylic acids is 2. The van der Waals surface area contributed by atoms with Crippen LogP contribution in [0.3, 0.4) is 0 Å². The molecule has 1 amide bonds. The molecule has 0 saturated heterocycles. The van der Waals surface area contributed by atoms with E-state index in [9.17, 15) is 22.8 Å². The minimum atomic E-state index is -4.54. The first-order valence-electron chi connectivity index (χ1n) is 7.80. The predicted molar refractivity (Wildman–Crippen MR) is 95.9 cm³/mol. The Morgan fingerprint density at radius 3 is 2.56 bits per heavy atom. The number of anilines is 1. The molecule has 2 heterocycles. The molecule has 1 aromatic carbocycles. The lowest BCUT2D eigenvalue weighted by molar-refractivity contribution is -0.137. The quantitative estimate of drug-likeness (QED) is 0.564. The van der Waals surface area contributed by atoms with E-state index in [1.165, 1.54) is 43.6 Å². The van der Waals surface area contributed by atoms with E-state index in [1.54, 1.807) is 12.1 Å².